The molecule has 0 bridgehead atoms. The zero-order chi connectivity index (χ0) is 13.6. The van der Waals surface area contributed by atoms with E-state index in [0.29, 0.717) is 19.4 Å². The second-order valence-corrected chi connectivity index (χ2v) is 4.94. The molecular weight excluding hydrogens is 236 g/mol. The number of amides is 1. The van der Waals surface area contributed by atoms with Gasteiger partial charge in [0.1, 0.15) is 0 Å². The molecule has 0 saturated carbocycles. The first kappa shape index (κ1) is 14.2. The predicted octanol–water partition coefficient (Wildman–Crippen LogP) is 1.69. The Labute approximate surface area is 105 Å². The molecule has 100 valence electrons. The van der Waals surface area contributed by atoms with Crippen molar-refractivity contribution in [3.05, 3.63) is 18.0 Å². The highest BCUT2D eigenvalue weighted by Crippen LogP contribution is 2.25. The zero-order valence-electron chi connectivity index (χ0n) is 10.6. The van der Waals surface area contributed by atoms with Crippen LogP contribution in [-0.2, 0) is 4.79 Å². The first-order valence-corrected chi connectivity index (χ1v) is 5.81. The quantitative estimate of drug-likeness (QED) is 0.772. The molecule has 0 aliphatic rings. The van der Waals surface area contributed by atoms with Crippen LogP contribution in [0.4, 0.5) is 0 Å². The lowest BCUT2D eigenvalue weighted by Crippen LogP contribution is -2.28. The molecule has 2 N–H and O–H groups in total. The number of rotatable bonds is 7. The summed E-state index contributed by atoms with van der Waals surface area (Å²) in [5.74, 6) is -0.923. The molecule has 0 spiro atoms. The van der Waals surface area contributed by atoms with E-state index in [1.807, 2.05) is 13.8 Å². The van der Waals surface area contributed by atoms with Crippen LogP contribution in [0.15, 0.2) is 16.8 Å². The molecule has 18 heavy (non-hydrogen) atoms. The van der Waals surface area contributed by atoms with Crippen molar-refractivity contribution < 1.29 is 19.2 Å². The summed E-state index contributed by atoms with van der Waals surface area (Å²) >= 11 is 0. The number of nitrogens with one attached hydrogen (secondary N) is 1. The second kappa shape index (κ2) is 6.18. The van der Waals surface area contributed by atoms with E-state index in [0.717, 1.165) is 0 Å². The van der Waals surface area contributed by atoms with Gasteiger partial charge in [-0.05, 0) is 18.3 Å². The maximum atomic E-state index is 11.5. The van der Waals surface area contributed by atoms with Crippen molar-refractivity contribution in [1.82, 2.24) is 10.5 Å². The number of nitrogens with zero attached hydrogens (tertiary/aromatic N) is 1. The SMILES string of the molecule is CC(C)(CCNC(=O)c1ccno1)CCC(=O)O. The number of carbonyl (C=O) groups excluding carboxylic acids is 1. The summed E-state index contributed by atoms with van der Waals surface area (Å²) in [4.78, 5) is 22.0. The number of carboxylic acid groups (broad SMARTS) is 1. The average Bonchev–Trinajstić information content (AvgIpc) is 2.79. The molecule has 1 rings (SSSR count). The Morgan fingerprint density at radius 2 is 2.17 bits per heavy atom. The smallest absolute Gasteiger partial charge is 0.303 e. The van der Waals surface area contributed by atoms with Crippen LogP contribution in [0, 0.1) is 5.41 Å². The lowest BCUT2D eigenvalue weighted by atomic mass is 9.84. The van der Waals surface area contributed by atoms with E-state index in [1.54, 1.807) is 0 Å². The van der Waals surface area contributed by atoms with Crippen LogP contribution >= 0.6 is 0 Å². The van der Waals surface area contributed by atoms with Gasteiger partial charge in [0.15, 0.2) is 0 Å². The van der Waals surface area contributed by atoms with Gasteiger partial charge in [0, 0.05) is 19.0 Å². The van der Waals surface area contributed by atoms with Gasteiger partial charge >= 0.3 is 5.97 Å². The number of carboxylic acids is 1. The van der Waals surface area contributed by atoms with Crippen LogP contribution in [0.1, 0.15) is 43.7 Å². The minimum atomic E-state index is -0.797. The third kappa shape index (κ3) is 4.99. The summed E-state index contributed by atoms with van der Waals surface area (Å²) in [7, 11) is 0. The van der Waals surface area contributed by atoms with Crippen molar-refractivity contribution in [2.45, 2.75) is 33.1 Å². The number of aliphatic carboxylic acids is 1. The summed E-state index contributed by atoms with van der Waals surface area (Å²) in [6, 6.07) is 1.49. The fourth-order valence-corrected chi connectivity index (χ4v) is 1.50. The number of aromatic nitrogens is 1. The number of hydrogen-bond donors (Lipinski definition) is 2. The molecule has 1 aromatic rings. The average molecular weight is 254 g/mol. The lowest BCUT2D eigenvalue weighted by Gasteiger charge is -2.23. The van der Waals surface area contributed by atoms with Crippen molar-refractivity contribution in [2.24, 2.45) is 5.41 Å². The lowest BCUT2D eigenvalue weighted by molar-refractivity contribution is -0.137. The van der Waals surface area contributed by atoms with Gasteiger partial charge in [-0.1, -0.05) is 19.0 Å². The van der Waals surface area contributed by atoms with E-state index in [9.17, 15) is 9.59 Å². The van der Waals surface area contributed by atoms with Crippen LogP contribution in [0.25, 0.3) is 0 Å². The first-order valence-electron chi connectivity index (χ1n) is 5.81. The van der Waals surface area contributed by atoms with Gasteiger partial charge in [0.2, 0.25) is 5.76 Å². The molecule has 1 heterocycles. The van der Waals surface area contributed by atoms with E-state index >= 15 is 0 Å². The molecule has 0 saturated heterocycles. The van der Waals surface area contributed by atoms with Crippen molar-refractivity contribution in [1.29, 1.82) is 0 Å². The largest absolute Gasteiger partial charge is 0.481 e. The minimum absolute atomic E-state index is 0.118. The van der Waals surface area contributed by atoms with Gasteiger partial charge in [-0.3, -0.25) is 9.59 Å². The Hall–Kier alpha value is -1.85. The van der Waals surface area contributed by atoms with Gasteiger partial charge in [0.25, 0.3) is 5.91 Å². The monoisotopic (exact) mass is 254 g/mol. The second-order valence-electron chi connectivity index (χ2n) is 4.94. The summed E-state index contributed by atoms with van der Waals surface area (Å²) < 4.78 is 4.72. The molecule has 0 aliphatic heterocycles. The molecule has 0 aromatic carbocycles. The van der Waals surface area contributed by atoms with Crippen molar-refractivity contribution in [3.63, 3.8) is 0 Å². The van der Waals surface area contributed by atoms with E-state index in [4.69, 9.17) is 9.63 Å². The van der Waals surface area contributed by atoms with Gasteiger partial charge in [-0.25, -0.2) is 0 Å². The van der Waals surface area contributed by atoms with Crippen LogP contribution in [0.5, 0.6) is 0 Å². The summed E-state index contributed by atoms with van der Waals surface area (Å²) in [5, 5.41) is 14.8. The predicted molar refractivity (Wildman–Crippen MR) is 64.1 cm³/mol. The van der Waals surface area contributed by atoms with E-state index in [2.05, 4.69) is 10.5 Å². The van der Waals surface area contributed by atoms with Gasteiger partial charge in [-0.2, -0.15) is 0 Å². The van der Waals surface area contributed by atoms with Gasteiger partial charge in [-0.15, -0.1) is 0 Å². The Bertz CT molecular complexity index is 398. The summed E-state index contributed by atoms with van der Waals surface area (Å²) in [5.41, 5.74) is -0.118. The molecular formula is C12H18N2O4. The van der Waals surface area contributed by atoms with E-state index in [1.165, 1.54) is 12.3 Å². The van der Waals surface area contributed by atoms with Crippen molar-refractivity contribution >= 4 is 11.9 Å². The molecule has 0 fully saturated rings. The third-order valence-electron chi connectivity index (χ3n) is 2.76. The zero-order valence-corrected chi connectivity index (χ0v) is 10.6. The standard InChI is InChI=1S/C12H18N2O4/c1-12(2,5-3-10(15)16)6-8-13-11(17)9-4-7-14-18-9/h4,7H,3,5-6,8H2,1-2H3,(H,13,17)(H,15,16). The van der Waals surface area contributed by atoms with Crippen LogP contribution in [0.3, 0.4) is 0 Å². The van der Waals surface area contributed by atoms with Crippen LogP contribution in [0.2, 0.25) is 0 Å². The number of hydrogen-bond acceptors (Lipinski definition) is 4. The van der Waals surface area contributed by atoms with Crippen molar-refractivity contribution in [2.75, 3.05) is 6.54 Å². The number of carbonyl (C=O) groups is 2. The summed E-state index contributed by atoms with van der Waals surface area (Å²) in [6.07, 6.45) is 2.84. The highest BCUT2D eigenvalue weighted by molar-refractivity contribution is 5.91. The maximum absolute atomic E-state index is 11.5. The molecule has 6 nitrogen and oxygen atoms in total. The topological polar surface area (TPSA) is 92.4 Å². The van der Waals surface area contributed by atoms with Crippen LogP contribution in [-0.4, -0.2) is 28.7 Å². The Kier molecular flexibility index (Phi) is 4.88. The van der Waals surface area contributed by atoms with E-state index in [-0.39, 0.29) is 23.5 Å². The third-order valence-corrected chi connectivity index (χ3v) is 2.76. The molecule has 0 atom stereocenters. The normalized spacial score (nSPS) is 11.2. The fourth-order valence-electron chi connectivity index (χ4n) is 1.50. The molecule has 1 aromatic heterocycles. The Morgan fingerprint density at radius 1 is 1.44 bits per heavy atom. The molecule has 1 amide bonds. The Balaban J connectivity index is 2.28. The van der Waals surface area contributed by atoms with Gasteiger partial charge in [0.05, 0.1) is 6.20 Å². The fraction of sp³-hybridized carbons (Fsp3) is 0.583. The molecule has 6 heteroatoms. The first-order chi connectivity index (χ1) is 8.41. The highest BCUT2D eigenvalue weighted by Gasteiger charge is 2.19. The molecule has 0 radical (unpaired) electrons. The van der Waals surface area contributed by atoms with Crippen molar-refractivity contribution in [3.8, 4) is 0 Å². The van der Waals surface area contributed by atoms with Gasteiger partial charge < -0.3 is 14.9 Å². The van der Waals surface area contributed by atoms with Crippen LogP contribution < -0.4 is 5.32 Å². The summed E-state index contributed by atoms with van der Waals surface area (Å²) in [6.45, 7) is 4.44. The maximum Gasteiger partial charge on any atom is 0.303 e. The minimum Gasteiger partial charge on any atom is -0.481 e. The molecule has 0 unspecified atom stereocenters. The Morgan fingerprint density at radius 3 is 2.72 bits per heavy atom. The van der Waals surface area contributed by atoms with E-state index < -0.39 is 5.97 Å². The molecule has 0 aliphatic carbocycles. The highest BCUT2D eigenvalue weighted by atomic mass is 16.5.